The van der Waals surface area contributed by atoms with Crippen LogP contribution in [0.3, 0.4) is 0 Å². The van der Waals surface area contributed by atoms with Crippen molar-refractivity contribution < 1.29 is 30.0 Å². The van der Waals surface area contributed by atoms with E-state index in [1.807, 2.05) is 24.3 Å². The van der Waals surface area contributed by atoms with Gasteiger partial charge in [0.2, 0.25) is 35.7 Å². The van der Waals surface area contributed by atoms with E-state index >= 15 is 0 Å². The molecule has 2 heterocycles. The molecule has 0 unspecified atom stereocenters. The molecular formula is C40H42N12O6. The van der Waals surface area contributed by atoms with Gasteiger partial charge < -0.3 is 52.3 Å². The molecule has 6 aromatic rings. The Labute approximate surface area is 332 Å². The van der Waals surface area contributed by atoms with E-state index in [1.54, 1.807) is 84.9 Å². The maximum absolute atomic E-state index is 12.3. The van der Waals surface area contributed by atoms with E-state index in [0.29, 0.717) is 37.1 Å². The molecule has 0 saturated carbocycles. The summed E-state index contributed by atoms with van der Waals surface area (Å²) < 4.78 is 0. The van der Waals surface area contributed by atoms with E-state index in [4.69, 9.17) is 0 Å². The van der Waals surface area contributed by atoms with Gasteiger partial charge in [-0.3, -0.25) is 0 Å². The third-order valence-electron chi connectivity index (χ3n) is 8.53. The summed E-state index contributed by atoms with van der Waals surface area (Å²) in [7, 11) is 0. The SMILES string of the molecule is O=C(O)[C@H](Nc1nc(NCCNc2nc(NCCc3ccc(O)cc3)nc(N[C@@H](C(=O)O)c3ccccc3)n2)nc(NCCc2ccc(O)cc2)n1)c1ccccc1. The molecule has 0 fully saturated rings. The number of carboxylic acids is 2. The van der Waals surface area contributed by atoms with Crippen molar-refractivity contribution in [3.8, 4) is 11.5 Å². The first-order valence-electron chi connectivity index (χ1n) is 18.3. The zero-order chi connectivity index (χ0) is 40.7. The van der Waals surface area contributed by atoms with Crippen LogP contribution in [0.1, 0.15) is 34.3 Å². The summed E-state index contributed by atoms with van der Waals surface area (Å²) in [5.74, 6) is -1.13. The van der Waals surface area contributed by atoms with Gasteiger partial charge >= 0.3 is 11.9 Å². The third-order valence-corrected chi connectivity index (χ3v) is 8.53. The average molecular weight is 787 g/mol. The third kappa shape index (κ3) is 11.9. The summed E-state index contributed by atoms with van der Waals surface area (Å²) in [6, 6.07) is 28.7. The topological polar surface area (TPSA) is 265 Å². The van der Waals surface area contributed by atoms with Crippen LogP contribution >= 0.6 is 0 Å². The van der Waals surface area contributed by atoms with Crippen LogP contribution in [-0.2, 0) is 22.4 Å². The van der Waals surface area contributed by atoms with Gasteiger partial charge in [-0.2, -0.15) is 29.9 Å². The minimum atomic E-state index is -1.14. The van der Waals surface area contributed by atoms with Crippen LogP contribution in [0, 0.1) is 0 Å². The predicted molar refractivity (Wildman–Crippen MR) is 218 cm³/mol. The molecule has 0 saturated heterocycles. The summed E-state index contributed by atoms with van der Waals surface area (Å²) in [6.45, 7) is 1.36. The number of nitrogens with one attached hydrogen (secondary N) is 6. The van der Waals surface area contributed by atoms with Crippen molar-refractivity contribution >= 4 is 47.6 Å². The number of phenols is 2. The smallest absolute Gasteiger partial charge is 0.330 e. The predicted octanol–water partition coefficient (Wildman–Crippen LogP) is 4.78. The Morgan fingerprint density at radius 3 is 1.07 bits per heavy atom. The number of hydrogen-bond acceptors (Lipinski definition) is 16. The maximum atomic E-state index is 12.3. The summed E-state index contributed by atoms with van der Waals surface area (Å²) in [4.78, 5) is 51.2. The monoisotopic (exact) mass is 786 g/mol. The molecule has 0 bridgehead atoms. The van der Waals surface area contributed by atoms with E-state index in [-0.39, 0.29) is 60.3 Å². The van der Waals surface area contributed by atoms with Gasteiger partial charge in [0.15, 0.2) is 12.1 Å². The number of aliphatic carboxylic acids is 2. The number of carbonyl (C=O) groups is 2. The van der Waals surface area contributed by atoms with Crippen LogP contribution in [0.4, 0.5) is 35.7 Å². The lowest BCUT2D eigenvalue weighted by Gasteiger charge is -2.17. The molecule has 10 N–H and O–H groups in total. The van der Waals surface area contributed by atoms with Gasteiger partial charge in [-0.05, 0) is 59.4 Å². The van der Waals surface area contributed by atoms with Crippen molar-refractivity contribution in [3.05, 3.63) is 131 Å². The van der Waals surface area contributed by atoms with Gasteiger partial charge in [0.1, 0.15) is 11.5 Å². The molecule has 0 radical (unpaired) electrons. The summed E-state index contributed by atoms with van der Waals surface area (Å²) >= 11 is 0. The molecular weight excluding hydrogens is 745 g/mol. The van der Waals surface area contributed by atoms with Gasteiger partial charge in [0, 0.05) is 26.2 Å². The van der Waals surface area contributed by atoms with Crippen molar-refractivity contribution in [2.75, 3.05) is 58.1 Å². The van der Waals surface area contributed by atoms with Crippen molar-refractivity contribution in [2.45, 2.75) is 24.9 Å². The molecule has 58 heavy (non-hydrogen) atoms. The maximum Gasteiger partial charge on any atom is 0.330 e. The second-order valence-corrected chi connectivity index (χ2v) is 12.8. The molecule has 4 aromatic carbocycles. The fourth-order valence-corrected chi connectivity index (χ4v) is 5.63. The lowest BCUT2D eigenvalue weighted by Crippen LogP contribution is -2.24. The lowest BCUT2D eigenvalue weighted by molar-refractivity contribution is -0.139. The molecule has 0 aliphatic rings. The van der Waals surface area contributed by atoms with E-state index in [9.17, 15) is 30.0 Å². The number of anilines is 6. The van der Waals surface area contributed by atoms with Crippen LogP contribution in [0.25, 0.3) is 0 Å². The van der Waals surface area contributed by atoms with Gasteiger partial charge in [-0.25, -0.2) is 9.59 Å². The highest BCUT2D eigenvalue weighted by Crippen LogP contribution is 2.22. The summed E-state index contributed by atoms with van der Waals surface area (Å²) in [5.41, 5.74) is 2.97. The van der Waals surface area contributed by atoms with E-state index < -0.39 is 24.0 Å². The zero-order valence-corrected chi connectivity index (χ0v) is 31.1. The van der Waals surface area contributed by atoms with Crippen molar-refractivity contribution in [1.29, 1.82) is 0 Å². The van der Waals surface area contributed by atoms with Crippen molar-refractivity contribution in [1.82, 2.24) is 29.9 Å². The number of hydrogen-bond donors (Lipinski definition) is 10. The van der Waals surface area contributed by atoms with Crippen LogP contribution in [0.15, 0.2) is 109 Å². The minimum absolute atomic E-state index is 0.0245. The average Bonchev–Trinajstić information content (AvgIpc) is 3.22. The number of benzene rings is 4. The largest absolute Gasteiger partial charge is 0.508 e. The van der Waals surface area contributed by atoms with E-state index in [0.717, 1.165) is 11.1 Å². The number of phenolic OH excluding ortho intramolecular Hbond substituents is 2. The molecule has 18 nitrogen and oxygen atoms in total. The first kappa shape index (κ1) is 39.9. The second-order valence-electron chi connectivity index (χ2n) is 12.8. The molecule has 0 aliphatic carbocycles. The molecule has 0 amide bonds. The number of aromatic hydroxyl groups is 2. The van der Waals surface area contributed by atoms with Crippen LogP contribution < -0.4 is 31.9 Å². The first-order chi connectivity index (χ1) is 28.2. The van der Waals surface area contributed by atoms with Crippen LogP contribution in [0.2, 0.25) is 0 Å². The minimum Gasteiger partial charge on any atom is -0.508 e. The summed E-state index contributed by atoms with van der Waals surface area (Å²) in [5, 5.41) is 57.7. The summed E-state index contributed by atoms with van der Waals surface area (Å²) in [6.07, 6.45) is 1.19. The molecule has 0 spiro atoms. The molecule has 18 heteroatoms. The van der Waals surface area contributed by atoms with E-state index in [1.165, 1.54) is 0 Å². The van der Waals surface area contributed by atoms with Gasteiger partial charge in [0.05, 0.1) is 0 Å². The van der Waals surface area contributed by atoms with Crippen LogP contribution in [0.5, 0.6) is 11.5 Å². The number of carboxylic acid groups (broad SMARTS) is 2. The van der Waals surface area contributed by atoms with Gasteiger partial charge in [0.25, 0.3) is 0 Å². The Kier molecular flexibility index (Phi) is 13.6. The Morgan fingerprint density at radius 1 is 0.431 bits per heavy atom. The lowest BCUT2D eigenvalue weighted by atomic mass is 10.1. The Bertz CT molecular complexity index is 2090. The first-order valence-corrected chi connectivity index (χ1v) is 18.3. The number of aromatic nitrogens is 6. The normalized spacial score (nSPS) is 11.8. The Hall–Kier alpha value is -7.76. The van der Waals surface area contributed by atoms with Crippen LogP contribution in [-0.4, -0.2) is 88.4 Å². The Morgan fingerprint density at radius 2 is 0.741 bits per heavy atom. The second kappa shape index (κ2) is 19.7. The highest BCUT2D eigenvalue weighted by molar-refractivity contribution is 5.79. The zero-order valence-electron chi connectivity index (χ0n) is 31.1. The van der Waals surface area contributed by atoms with E-state index in [2.05, 4.69) is 61.8 Å². The number of nitrogens with zero attached hydrogens (tertiary/aromatic N) is 6. The molecule has 2 aromatic heterocycles. The molecule has 2 atom stereocenters. The number of rotatable bonds is 21. The molecule has 6 rings (SSSR count). The molecule has 0 aliphatic heterocycles. The van der Waals surface area contributed by atoms with Gasteiger partial charge in [-0.1, -0.05) is 84.9 Å². The standard InChI is InChI=1S/C40H42N12O6/c53-29-15-11-25(12-16-29)19-21-41-35-47-37(51-39(49-35)45-31(33(55)56)27-7-3-1-4-8-27)43-23-24-44-38-48-36(42-22-20-26-13-17-30(54)18-14-26)50-40(52-38)46-32(34(57)58)28-9-5-2-6-10-28/h1-18,31-32,53-54H,19-24H2,(H,55,56)(H,57,58)(H3,41,43,45,47,49,51)(H3,42,44,46,48,50,52)/t31-,32-/m1/s1. The highest BCUT2D eigenvalue weighted by atomic mass is 16.4. The quantitative estimate of drug-likeness (QED) is 0.0440. The molecule has 298 valence electrons. The fourth-order valence-electron chi connectivity index (χ4n) is 5.63. The van der Waals surface area contributed by atoms with Crippen molar-refractivity contribution in [2.24, 2.45) is 0 Å². The highest BCUT2D eigenvalue weighted by Gasteiger charge is 2.23. The Balaban J connectivity index is 1.16. The van der Waals surface area contributed by atoms with Crippen molar-refractivity contribution in [3.63, 3.8) is 0 Å². The fraction of sp³-hybridized carbons (Fsp3) is 0.200. The van der Waals surface area contributed by atoms with Gasteiger partial charge in [-0.15, -0.1) is 0 Å².